The standard InChI is InChI=1S/C11H10N2.Na.H/c12-11-7-6-10(8-13-11)9-4-2-1-3-5-9;;/h1-8H,(H2,12,13);;. The third-order valence-corrected chi connectivity index (χ3v) is 1.89. The van der Waals surface area contributed by atoms with Gasteiger partial charge >= 0.3 is 29.6 Å². The number of hydrogen-bond acceptors (Lipinski definition) is 2. The first-order valence-electron chi connectivity index (χ1n) is 4.13. The molecule has 0 saturated heterocycles. The fourth-order valence-corrected chi connectivity index (χ4v) is 1.21. The molecule has 0 aliphatic carbocycles. The monoisotopic (exact) mass is 194 g/mol. The topological polar surface area (TPSA) is 38.9 Å². The van der Waals surface area contributed by atoms with Crippen molar-refractivity contribution >= 4 is 35.4 Å². The number of nitrogen functional groups attached to an aromatic ring is 1. The van der Waals surface area contributed by atoms with E-state index in [0.717, 1.165) is 11.1 Å². The fourth-order valence-electron chi connectivity index (χ4n) is 1.21. The summed E-state index contributed by atoms with van der Waals surface area (Å²) in [5, 5.41) is 0. The second-order valence-electron chi connectivity index (χ2n) is 2.84. The van der Waals surface area contributed by atoms with Crippen LogP contribution >= 0.6 is 0 Å². The molecule has 0 radical (unpaired) electrons. The molecule has 0 aliphatic rings. The zero-order valence-electron chi connectivity index (χ0n) is 7.14. The SMILES string of the molecule is Nc1ccc(-c2ccccc2)cn1.[NaH]. The Labute approximate surface area is 105 Å². The quantitative estimate of drug-likeness (QED) is 0.701. The van der Waals surface area contributed by atoms with E-state index in [9.17, 15) is 0 Å². The molecule has 2 rings (SSSR count). The van der Waals surface area contributed by atoms with Crippen LogP contribution in [-0.4, -0.2) is 34.5 Å². The van der Waals surface area contributed by atoms with Crippen LogP contribution in [-0.2, 0) is 0 Å². The molecule has 0 unspecified atom stereocenters. The van der Waals surface area contributed by atoms with Crippen molar-refractivity contribution in [3.05, 3.63) is 48.7 Å². The molecule has 1 aromatic heterocycles. The van der Waals surface area contributed by atoms with E-state index < -0.39 is 0 Å². The van der Waals surface area contributed by atoms with Crippen molar-refractivity contribution in [1.82, 2.24) is 4.98 Å². The van der Waals surface area contributed by atoms with Crippen molar-refractivity contribution in [2.45, 2.75) is 0 Å². The Bertz CT molecular complexity index is 384. The number of rotatable bonds is 1. The average Bonchev–Trinajstić information content (AvgIpc) is 2.20. The summed E-state index contributed by atoms with van der Waals surface area (Å²) >= 11 is 0. The Morgan fingerprint density at radius 3 is 2.14 bits per heavy atom. The van der Waals surface area contributed by atoms with E-state index in [4.69, 9.17) is 5.73 Å². The Morgan fingerprint density at radius 2 is 1.57 bits per heavy atom. The van der Waals surface area contributed by atoms with Gasteiger partial charge in [-0.05, 0) is 17.7 Å². The number of nitrogens with two attached hydrogens (primary N) is 1. The molecule has 2 nitrogen and oxygen atoms in total. The molecule has 0 saturated carbocycles. The van der Waals surface area contributed by atoms with Crippen LogP contribution < -0.4 is 5.73 Å². The average molecular weight is 194 g/mol. The summed E-state index contributed by atoms with van der Waals surface area (Å²) in [6.45, 7) is 0. The molecule has 0 fully saturated rings. The van der Waals surface area contributed by atoms with Gasteiger partial charge in [0.2, 0.25) is 0 Å². The van der Waals surface area contributed by atoms with Crippen molar-refractivity contribution < 1.29 is 0 Å². The van der Waals surface area contributed by atoms with E-state index in [0.29, 0.717) is 5.82 Å². The van der Waals surface area contributed by atoms with Crippen LogP contribution in [0.1, 0.15) is 0 Å². The predicted molar refractivity (Wildman–Crippen MR) is 61.2 cm³/mol. The second-order valence-corrected chi connectivity index (χ2v) is 2.84. The van der Waals surface area contributed by atoms with Gasteiger partial charge in [-0.2, -0.15) is 0 Å². The van der Waals surface area contributed by atoms with E-state index in [1.165, 1.54) is 0 Å². The molecule has 1 aromatic carbocycles. The van der Waals surface area contributed by atoms with Gasteiger partial charge in [0.25, 0.3) is 0 Å². The number of hydrogen-bond donors (Lipinski definition) is 1. The molecule has 2 aromatic rings. The summed E-state index contributed by atoms with van der Waals surface area (Å²) in [5.74, 6) is 0.555. The summed E-state index contributed by atoms with van der Waals surface area (Å²) in [7, 11) is 0. The van der Waals surface area contributed by atoms with Gasteiger partial charge in [0.1, 0.15) is 5.82 Å². The first kappa shape index (κ1) is 11.2. The maximum atomic E-state index is 5.49. The molecule has 0 spiro atoms. The summed E-state index contributed by atoms with van der Waals surface area (Å²) in [6, 6.07) is 13.9. The molecule has 0 aliphatic heterocycles. The Hall–Kier alpha value is -0.830. The van der Waals surface area contributed by atoms with E-state index in [1.54, 1.807) is 6.20 Å². The van der Waals surface area contributed by atoms with Crippen LogP contribution in [0.5, 0.6) is 0 Å². The normalized spacial score (nSPS) is 9.14. The van der Waals surface area contributed by atoms with Crippen LogP contribution in [0.3, 0.4) is 0 Å². The van der Waals surface area contributed by atoms with Gasteiger partial charge in [-0.15, -0.1) is 0 Å². The minimum atomic E-state index is 0. The number of pyridine rings is 1. The van der Waals surface area contributed by atoms with Crippen LogP contribution in [0.4, 0.5) is 5.82 Å². The Balaban J connectivity index is 0.000000980. The second kappa shape index (κ2) is 5.15. The molecule has 2 N–H and O–H groups in total. The van der Waals surface area contributed by atoms with Crippen LogP contribution in [0.2, 0.25) is 0 Å². The molecular weight excluding hydrogens is 183 g/mol. The van der Waals surface area contributed by atoms with Gasteiger partial charge in [-0.3, -0.25) is 0 Å². The first-order valence-corrected chi connectivity index (χ1v) is 4.13. The molecule has 1 heterocycles. The van der Waals surface area contributed by atoms with Gasteiger partial charge in [0.05, 0.1) is 0 Å². The maximum absolute atomic E-state index is 5.49. The van der Waals surface area contributed by atoms with Gasteiger partial charge in [0, 0.05) is 11.8 Å². The van der Waals surface area contributed by atoms with Crippen LogP contribution in [0.25, 0.3) is 11.1 Å². The zero-order chi connectivity index (χ0) is 9.10. The molecule has 0 atom stereocenters. The number of aromatic nitrogens is 1. The molecule has 14 heavy (non-hydrogen) atoms. The van der Waals surface area contributed by atoms with Crippen molar-refractivity contribution in [3.63, 3.8) is 0 Å². The first-order chi connectivity index (χ1) is 6.36. The van der Waals surface area contributed by atoms with E-state index in [2.05, 4.69) is 4.98 Å². The summed E-state index contributed by atoms with van der Waals surface area (Å²) in [6.07, 6.45) is 1.78. The fraction of sp³-hybridized carbons (Fsp3) is 0. The molecule has 0 amide bonds. The molecule has 3 heteroatoms. The minimum absolute atomic E-state index is 0. The van der Waals surface area contributed by atoms with E-state index in [-0.39, 0.29) is 29.6 Å². The third-order valence-electron chi connectivity index (χ3n) is 1.89. The van der Waals surface area contributed by atoms with E-state index >= 15 is 0 Å². The van der Waals surface area contributed by atoms with Crippen molar-refractivity contribution in [2.24, 2.45) is 0 Å². The Morgan fingerprint density at radius 1 is 0.857 bits per heavy atom. The summed E-state index contributed by atoms with van der Waals surface area (Å²) < 4.78 is 0. The van der Waals surface area contributed by atoms with Crippen molar-refractivity contribution in [2.75, 3.05) is 5.73 Å². The van der Waals surface area contributed by atoms with E-state index in [1.807, 2.05) is 42.5 Å². The Kier molecular flexibility index (Phi) is 4.14. The predicted octanol–water partition coefficient (Wildman–Crippen LogP) is 1.68. The molecular formula is C11H11N2Na. The van der Waals surface area contributed by atoms with Crippen LogP contribution in [0, 0.1) is 0 Å². The third kappa shape index (κ3) is 2.58. The zero-order valence-corrected chi connectivity index (χ0v) is 7.14. The number of benzene rings is 1. The summed E-state index contributed by atoms with van der Waals surface area (Å²) in [4.78, 5) is 4.03. The number of anilines is 1. The molecule has 66 valence electrons. The summed E-state index contributed by atoms with van der Waals surface area (Å²) in [5.41, 5.74) is 7.75. The van der Waals surface area contributed by atoms with Gasteiger partial charge < -0.3 is 5.73 Å². The van der Waals surface area contributed by atoms with Gasteiger partial charge in [0.15, 0.2) is 0 Å². The number of nitrogens with zero attached hydrogens (tertiary/aromatic N) is 1. The van der Waals surface area contributed by atoms with Gasteiger partial charge in [-0.25, -0.2) is 4.98 Å². The van der Waals surface area contributed by atoms with Crippen LogP contribution in [0.15, 0.2) is 48.7 Å². The molecule has 0 bridgehead atoms. The van der Waals surface area contributed by atoms with Gasteiger partial charge in [-0.1, -0.05) is 30.3 Å². The van der Waals surface area contributed by atoms with Crippen molar-refractivity contribution in [1.29, 1.82) is 0 Å². The van der Waals surface area contributed by atoms with Crippen molar-refractivity contribution in [3.8, 4) is 11.1 Å².